The quantitative estimate of drug-likeness (QED) is 0.628. The third kappa shape index (κ3) is 2.73. The van der Waals surface area contributed by atoms with Gasteiger partial charge in [-0.2, -0.15) is 0 Å². The van der Waals surface area contributed by atoms with Gasteiger partial charge in [0.1, 0.15) is 0 Å². The first-order valence-corrected chi connectivity index (χ1v) is 4.66. The van der Waals surface area contributed by atoms with Crippen LogP contribution in [0, 0.1) is 11.8 Å². The van der Waals surface area contributed by atoms with E-state index in [9.17, 15) is 0 Å². The first kappa shape index (κ1) is 9.96. The van der Waals surface area contributed by atoms with Gasteiger partial charge in [-0.05, 0) is 31.7 Å². The highest BCUT2D eigenvalue weighted by atomic mass is 16.3. The molecule has 1 rings (SSSR count). The number of piperidine rings is 1. The summed E-state index contributed by atoms with van der Waals surface area (Å²) in [5.41, 5.74) is 0. The maximum atomic E-state index is 9.01. The van der Waals surface area contributed by atoms with Crippen LogP contribution in [0.15, 0.2) is 0 Å². The van der Waals surface area contributed by atoms with Crippen molar-refractivity contribution in [2.75, 3.05) is 33.4 Å². The van der Waals surface area contributed by atoms with E-state index in [0.717, 1.165) is 25.9 Å². The molecule has 2 atom stereocenters. The fraction of sp³-hybridized carbons (Fsp3) is 1.00. The number of nitrogens with zero attached hydrogens (tertiary/aromatic N) is 1. The summed E-state index contributed by atoms with van der Waals surface area (Å²) < 4.78 is 0. The Morgan fingerprint density at radius 2 is 1.92 bits per heavy atom. The Morgan fingerprint density at radius 1 is 1.25 bits per heavy atom. The zero-order chi connectivity index (χ0) is 8.97. The van der Waals surface area contributed by atoms with E-state index < -0.39 is 0 Å². The normalized spacial score (nSPS) is 32.2. The van der Waals surface area contributed by atoms with Crippen molar-refractivity contribution < 1.29 is 10.2 Å². The summed E-state index contributed by atoms with van der Waals surface area (Å²) in [6.07, 6.45) is 1.95. The van der Waals surface area contributed by atoms with Gasteiger partial charge in [0.25, 0.3) is 0 Å². The molecule has 2 N–H and O–H groups in total. The summed E-state index contributed by atoms with van der Waals surface area (Å²) in [5.74, 6) is 0.992. The molecule has 12 heavy (non-hydrogen) atoms. The Hall–Kier alpha value is -0.120. The number of hydrogen-bond acceptors (Lipinski definition) is 3. The Labute approximate surface area is 74.0 Å². The SMILES string of the molecule is CN1C[C@H](CCO)C[C@H](CO)C1. The molecule has 1 aliphatic rings. The van der Waals surface area contributed by atoms with Gasteiger partial charge < -0.3 is 15.1 Å². The van der Waals surface area contributed by atoms with Gasteiger partial charge in [-0.15, -0.1) is 0 Å². The van der Waals surface area contributed by atoms with E-state index in [4.69, 9.17) is 10.2 Å². The zero-order valence-corrected chi connectivity index (χ0v) is 7.74. The molecular formula is C9H19NO2. The molecule has 1 aliphatic heterocycles. The monoisotopic (exact) mass is 173 g/mol. The van der Waals surface area contributed by atoms with Crippen molar-refractivity contribution in [1.29, 1.82) is 0 Å². The lowest BCUT2D eigenvalue weighted by atomic mass is 9.88. The third-order valence-corrected chi connectivity index (χ3v) is 2.60. The number of hydrogen-bond donors (Lipinski definition) is 2. The first-order valence-electron chi connectivity index (χ1n) is 4.66. The molecule has 3 nitrogen and oxygen atoms in total. The van der Waals surface area contributed by atoms with Crippen molar-refractivity contribution in [3.05, 3.63) is 0 Å². The van der Waals surface area contributed by atoms with Crippen LogP contribution in [0.25, 0.3) is 0 Å². The van der Waals surface area contributed by atoms with Gasteiger partial charge in [-0.3, -0.25) is 0 Å². The molecule has 0 aromatic heterocycles. The molecule has 1 saturated heterocycles. The average Bonchev–Trinajstić information content (AvgIpc) is 2.04. The summed E-state index contributed by atoms with van der Waals surface area (Å²) >= 11 is 0. The minimum atomic E-state index is 0.274. The van der Waals surface area contributed by atoms with Crippen molar-refractivity contribution in [2.45, 2.75) is 12.8 Å². The molecule has 0 saturated carbocycles. The van der Waals surface area contributed by atoms with Gasteiger partial charge in [0.2, 0.25) is 0 Å². The summed E-state index contributed by atoms with van der Waals surface area (Å²) in [6, 6.07) is 0. The second kappa shape index (κ2) is 4.80. The minimum absolute atomic E-state index is 0.274. The van der Waals surface area contributed by atoms with Gasteiger partial charge in [0.05, 0.1) is 0 Å². The van der Waals surface area contributed by atoms with E-state index in [2.05, 4.69) is 11.9 Å². The van der Waals surface area contributed by atoms with Gasteiger partial charge in [-0.25, -0.2) is 0 Å². The van der Waals surface area contributed by atoms with E-state index in [-0.39, 0.29) is 13.2 Å². The fourth-order valence-electron chi connectivity index (χ4n) is 2.10. The molecule has 72 valence electrons. The van der Waals surface area contributed by atoms with Gasteiger partial charge in [0, 0.05) is 26.3 Å². The molecule has 0 unspecified atom stereocenters. The molecule has 0 bridgehead atoms. The van der Waals surface area contributed by atoms with Crippen molar-refractivity contribution >= 4 is 0 Å². The van der Waals surface area contributed by atoms with E-state index in [1.807, 2.05) is 0 Å². The number of aliphatic hydroxyl groups is 2. The van der Waals surface area contributed by atoms with E-state index in [0.29, 0.717) is 11.8 Å². The Kier molecular flexibility index (Phi) is 3.98. The van der Waals surface area contributed by atoms with Crippen LogP contribution in [0.2, 0.25) is 0 Å². The van der Waals surface area contributed by atoms with E-state index >= 15 is 0 Å². The van der Waals surface area contributed by atoms with Crippen LogP contribution in [0.5, 0.6) is 0 Å². The molecule has 3 heteroatoms. The van der Waals surface area contributed by atoms with Crippen LogP contribution in [-0.2, 0) is 0 Å². The zero-order valence-electron chi connectivity index (χ0n) is 7.74. The van der Waals surface area contributed by atoms with Crippen LogP contribution >= 0.6 is 0 Å². The van der Waals surface area contributed by atoms with Crippen molar-refractivity contribution in [1.82, 2.24) is 4.90 Å². The molecule has 1 fully saturated rings. The Bertz CT molecular complexity index is 130. The summed E-state index contributed by atoms with van der Waals surface area (Å²) in [5, 5.41) is 17.8. The molecular weight excluding hydrogens is 154 g/mol. The highest BCUT2D eigenvalue weighted by Crippen LogP contribution is 2.22. The summed E-state index contributed by atoms with van der Waals surface area (Å²) in [7, 11) is 2.08. The molecule has 0 radical (unpaired) electrons. The third-order valence-electron chi connectivity index (χ3n) is 2.60. The molecule has 0 amide bonds. The molecule has 0 aromatic carbocycles. The summed E-state index contributed by atoms with van der Waals surface area (Å²) in [6.45, 7) is 2.62. The Balaban J connectivity index is 2.34. The van der Waals surface area contributed by atoms with Crippen LogP contribution in [0.1, 0.15) is 12.8 Å². The maximum absolute atomic E-state index is 9.01. The molecule has 1 heterocycles. The fourth-order valence-corrected chi connectivity index (χ4v) is 2.10. The maximum Gasteiger partial charge on any atom is 0.0471 e. The highest BCUT2D eigenvalue weighted by molar-refractivity contribution is 4.76. The van der Waals surface area contributed by atoms with Crippen LogP contribution in [0.3, 0.4) is 0 Å². The largest absolute Gasteiger partial charge is 0.396 e. The minimum Gasteiger partial charge on any atom is -0.396 e. The van der Waals surface area contributed by atoms with Crippen molar-refractivity contribution in [3.63, 3.8) is 0 Å². The molecule has 0 spiro atoms. The molecule has 0 aliphatic carbocycles. The lowest BCUT2D eigenvalue weighted by Gasteiger charge is -2.34. The molecule has 0 aromatic rings. The van der Waals surface area contributed by atoms with Crippen LogP contribution in [0.4, 0.5) is 0 Å². The standard InChI is InChI=1S/C9H19NO2/c1-10-5-8(2-3-11)4-9(6-10)7-12/h8-9,11-12H,2-7H2,1H3/t8-,9+/m1/s1. The smallest absolute Gasteiger partial charge is 0.0471 e. The predicted octanol–water partition coefficient (Wildman–Crippen LogP) is -0.0710. The Morgan fingerprint density at radius 3 is 2.50 bits per heavy atom. The van der Waals surface area contributed by atoms with Crippen molar-refractivity contribution in [2.24, 2.45) is 11.8 Å². The second-order valence-corrected chi connectivity index (χ2v) is 3.88. The second-order valence-electron chi connectivity index (χ2n) is 3.88. The lowest BCUT2D eigenvalue weighted by Crippen LogP contribution is -2.39. The van der Waals surface area contributed by atoms with Gasteiger partial charge in [-0.1, -0.05) is 0 Å². The number of rotatable bonds is 3. The first-order chi connectivity index (χ1) is 5.76. The lowest BCUT2D eigenvalue weighted by molar-refractivity contribution is 0.0891. The highest BCUT2D eigenvalue weighted by Gasteiger charge is 2.23. The number of aliphatic hydroxyl groups excluding tert-OH is 2. The average molecular weight is 173 g/mol. The predicted molar refractivity (Wildman–Crippen MR) is 47.9 cm³/mol. The van der Waals surface area contributed by atoms with Crippen LogP contribution in [-0.4, -0.2) is 48.5 Å². The van der Waals surface area contributed by atoms with Crippen molar-refractivity contribution in [3.8, 4) is 0 Å². The number of likely N-dealkylation sites (tertiary alicyclic amines) is 1. The van der Waals surface area contributed by atoms with Gasteiger partial charge in [0.15, 0.2) is 0 Å². The van der Waals surface area contributed by atoms with E-state index in [1.54, 1.807) is 0 Å². The summed E-state index contributed by atoms with van der Waals surface area (Å²) in [4.78, 5) is 2.24. The van der Waals surface area contributed by atoms with Gasteiger partial charge >= 0.3 is 0 Å². The van der Waals surface area contributed by atoms with E-state index in [1.165, 1.54) is 0 Å². The van der Waals surface area contributed by atoms with Crippen LogP contribution < -0.4 is 0 Å². The topological polar surface area (TPSA) is 43.7 Å².